The van der Waals surface area contributed by atoms with Crippen LogP contribution in [0.2, 0.25) is 0 Å². The van der Waals surface area contributed by atoms with Crippen molar-refractivity contribution in [1.82, 2.24) is 14.8 Å². The highest BCUT2D eigenvalue weighted by molar-refractivity contribution is 7.73. The second kappa shape index (κ2) is 9.52. The first-order valence-electron chi connectivity index (χ1n) is 8.71. The number of quaternary nitrogens is 1. The molecule has 26 heavy (non-hydrogen) atoms. The summed E-state index contributed by atoms with van der Waals surface area (Å²) in [5.74, 6) is 0. The van der Waals surface area contributed by atoms with Crippen LogP contribution in [0.5, 0.6) is 0 Å². The van der Waals surface area contributed by atoms with Gasteiger partial charge in [0.25, 0.3) is 0 Å². The molecule has 2 aromatic heterocycles. The number of benzene rings is 1. The third kappa shape index (κ3) is 5.31. The molecule has 2 heterocycles. The summed E-state index contributed by atoms with van der Waals surface area (Å²) in [5.41, 5.74) is 1.07. The van der Waals surface area contributed by atoms with Crippen molar-refractivity contribution in [3.8, 4) is 0 Å². The smallest absolute Gasteiger partial charge is 0.204 e. The molecule has 9 heteroatoms. The molecule has 0 fully saturated rings. The van der Waals surface area contributed by atoms with E-state index < -0.39 is 0 Å². The molecule has 0 saturated carbocycles. The molecule has 0 bridgehead atoms. The second-order valence-electron chi connectivity index (χ2n) is 6.02. The molecule has 0 spiro atoms. The zero-order chi connectivity index (χ0) is 18.4. The predicted octanol–water partition coefficient (Wildman–Crippen LogP) is 2.79. The lowest BCUT2D eigenvalue weighted by atomic mass is 10.3. The Kier molecular flexibility index (Phi) is 7.09. The standard InChI is InChI=1S/C17H23N5OS3/c1-3-23-10-6-9-18-16-20-22(17(24)26-16)12-21(2)11-15-19-13-7-4-5-8-14(13)25-15/h4-5,7-8H,3,6,9-12H2,1-2H3,(H,18,20)/p+1. The van der Waals surface area contributed by atoms with E-state index in [4.69, 9.17) is 21.9 Å². The number of ether oxygens (including phenoxy) is 1. The lowest BCUT2D eigenvalue weighted by molar-refractivity contribution is -0.917. The number of hydrogen-bond donors (Lipinski definition) is 2. The highest BCUT2D eigenvalue weighted by Gasteiger charge is 2.12. The molecule has 1 aromatic carbocycles. The normalized spacial score (nSPS) is 12.5. The molecule has 140 valence electrons. The van der Waals surface area contributed by atoms with Crippen molar-refractivity contribution < 1.29 is 9.64 Å². The molecule has 1 atom stereocenters. The number of para-hydroxylation sites is 1. The van der Waals surface area contributed by atoms with Gasteiger partial charge in [0, 0.05) is 19.8 Å². The van der Waals surface area contributed by atoms with E-state index in [0.29, 0.717) is 0 Å². The fourth-order valence-corrected chi connectivity index (χ4v) is 4.67. The van der Waals surface area contributed by atoms with Crippen molar-refractivity contribution in [3.05, 3.63) is 33.2 Å². The minimum atomic E-state index is 0.728. The minimum absolute atomic E-state index is 0.728. The van der Waals surface area contributed by atoms with Gasteiger partial charge in [0.15, 0.2) is 10.6 Å². The van der Waals surface area contributed by atoms with Crippen molar-refractivity contribution in [2.45, 2.75) is 26.6 Å². The quantitative estimate of drug-likeness (QED) is 0.398. The fourth-order valence-electron chi connectivity index (χ4n) is 2.56. The van der Waals surface area contributed by atoms with Gasteiger partial charge in [0.05, 0.1) is 17.3 Å². The van der Waals surface area contributed by atoms with Gasteiger partial charge in [-0.25, -0.2) is 4.98 Å². The number of anilines is 1. The number of hydrogen-bond acceptors (Lipinski definition) is 7. The number of nitrogens with zero attached hydrogens (tertiary/aromatic N) is 3. The molecule has 0 radical (unpaired) electrons. The Bertz CT molecular complexity index is 855. The van der Waals surface area contributed by atoms with Crippen LogP contribution in [-0.4, -0.2) is 41.6 Å². The Morgan fingerprint density at radius 1 is 1.31 bits per heavy atom. The van der Waals surface area contributed by atoms with Gasteiger partial charge in [-0.2, -0.15) is 4.68 Å². The largest absolute Gasteiger partial charge is 0.382 e. The van der Waals surface area contributed by atoms with Crippen LogP contribution < -0.4 is 10.2 Å². The Labute approximate surface area is 166 Å². The zero-order valence-electron chi connectivity index (χ0n) is 15.0. The Morgan fingerprint density at radius 3 is 2.96 bits per heavy atom. The van der Waals surface area contributed by atoms with Gasteiger partial charge < -0.3 is 15.0 Å². The van der Waals surface area contributed by atoms with Crippen LogP contribution in [0.4, 0.5) is 5.13 Å². The predicted molar refractivity (Wildman–Crippen MR) is 111 cm³/mol. The van der Waals surface area contributed by atoms with Gasteiger partial charge in [-0.1, -0.05) is 23.5 Å². The molecular weight excluding hydrogens is 386 g/mol. The van der Waals surface area contributed by atoms with Gasteiger partial charge in [-0.05, 0) is 37.7 Å². The number of nitrogens with one attached hydrogen (secondary N) is 2. The van der Waals surface area contributed by atoms with Crippen LogP contribution in [0.3, 0.4) is 0 Å². The molecule has 0 aliphatic carbocycles. The van der Waals surface area contributed by atoms with Crippen molar-refractivity contribution in [2.24, 2.45) is 0 Å². The number of rotatable bonds is 10. The number of fused-ring (bicyclic) bond motifs is 1. The highest BCUT2D eigenvalue weighted by Crippen LogP contribution is 2.20. The van der Waals surface area contributed by atoms with Crippen LogP contribution in [0.25, 0.3) is 10.2 Å². The first kappa shape index (κ1) is 19.4. The van der Waals surface area contributed by atoms with Crippen LogP contribution >= 0.6 is 34.9 Å². The van der Waals surface area contributed by atoms with Gasteiger partial charge >= 0.3 is 0 Å². The van der Waals surface area contributed by atoms with Crippen LogP contribution in [0, 0.1) is 3.95 Å². The van der Waals surface area contributed by atoms with E-state index in [1.54, 1.807) is 11.3 Å². The van der Waals surface area contributed by atoms with Crippen molar-refractivity contribution >= 4 is 50.2 Å². The SMILES string of the molecule is CCOCCCNc1nn(C[NH+](C)Cc2nc3ccccc3s2)c(=S)s1. The summed E-state index contributed by atoms with van der Waals surface area (Å²) < 4.78 is 9.26. The second-order valence-corrected chi connectivity index (χ2v) is 8.76. The Balaban J connectivity index is 1.53. The van der Waals surface area contributed by atoms with E-state index >= 15 is 0 Å². The summed E-state index contributed by atoms with van der Waals surface area (Å²) in [6.07, 6.45) is 0.961. The van der Waals surface area contributed by atoms with E-state index in [9.17, 15) is 0 Å². The first-order valence-corrected chi connectivity index (χ1v) is 10.7. The van der Waals surface area contributed by atoms with E-state index in [-0.39, 0.29) is 0 Å². The molecular formula is C17H24N5OS3+. The summed E-state index contributed by atoms with van der Waals surface area (Å²) in [4.78, 5) is 6.01. The lowest BCUT2D eigenvalue weighted by Gasteiger charge is -2.11. The number of thiazole rings is 1. The minimum Gasteiger partial charge on any atom is -0.382 e. The Morgan fingerprint density at radius 2 is 2.15 bits per heavy atom. The average molecular weight is 411 g/mol. The molecule has 3 aromatic rings. The van der Waals surface area contributed by atoms with Gasteiger partial charge in [0.2, 0.25) is 5.13 Å². The van der Waals surface area contributed by atoms with Gasteiger partial charge in [0.1, 0.15) is 11.6 Å². The number of aromatic nitrogens is 3. The molecule has 6 nitrogen and oxygen atoms in total. The van der Waals surface area contributed by atoms with Crippen LogP contribution in [0.15, 0.2) is 24.3 Å². The molecule has 3 rings (SSSR count). The molecule has 0 amide bonds. The highest BCUT2D eigenvalue weighted by atomic mass is 32.1. The van der Waals surface area contributed by atoms with E-state index in [0.717, 1.165) is 59.0 Å². The van der Waals surface area contributed by atoms with Crippen molar-refractivity contribution in [1.29, 1.82) is 0 Å². The molecule has 2 N–H and O–H groups in total. The summed E-state index contributed by atoms with van der Waals surface area (Å²) in [6, 6.07) is 8.26. The van der Waals surface area contributed by atoms with Crippen molar-refractivity contribution in [3.63, 3.8) is 0 Å². The van der Waals surface area contributed by atoms with Crippen molar-refractivity contribution in [2.75, 3.05) is 32.1 Å². The third-order valence-corrected chi connectivity index (χ3v) is 6.06. The zero-order valence-corrected chi connectivity index (χ0v) is 17.5. The molecule has 0 saturated heterocycles. The molecule has 0 aliphatic rings. The maximum Gasteiger partial charge on any atom is 0.204 e. The maximum atomic E-state index is 5.46. The van der Waals surface area contributed by atoms with Gasteiger partial charge in [-0.3, -0.25) is 0 Å². The fraction of sp³-hybridized carbons (Fsp3) is 0.471. The Hall–Kier alpha value is -1.39. The summed E-state index contributed by atoms with van der Waals surface area (Å²) in [7, 11) is 2.14. The maximum absolute atomic E-state index is 5.46. The molecule has 1 unspecified atom stereocenters. The third-order valence-electron chi connectivity index (χ3n) is 3.76. The van der Waals surface area contributed by atoms with Gasteiger partial charge in [-0.15, -0.1) is 16.4 Å². The average Bonchev–Trinajstić information content (AvgIpc) is 3.17. The lowest BCUT2D eigenvalue weighted by Crippen LogP contribution is -3.07. The molecule has 0 aliphatic heterocycles. The topological polar surface area (TPSA) is 56.4 Å². The monoisotopic (exact) mass is 410 g/mol. The van der Waals surface area contributed by atoms with E-state index in [1.807, 2.05) is 17.7 Å². The van der Waals surface area contributed by atoms with Crippen LogP contribution in [0.1, 0.15) is 18.4 Å². The van der Waals surface area contributed by atoms with E-state index in [1.165, 1.54) is 20.9 Å². The summed E-state index contributed by atoms with van der Waals surface area (Å²) in [6.45, 7) is 5.97. The first-order chi connectivity index (χ1) is 12.7. The summed E-state index contributed by atoms with van der Waals surface area (Å²) >= 11 is 8.73. The van der Waals surface area contributed by atoms with E-state index in [2.05, 4.69) is 35.7 Å². The summed E-state index contributed by atoms with van der Waals surface area (Å²) in [5, 5.41) is 9.93. The van der Waals surface area contributed by atoms with Crippen LogP contribution in [-0.2, 0) is 18.0 Å².